The monoisotopic (exact) mass is 302 g/mol. The van der Waals surface area contributed by atoms with Gasteiger partial charge in [0.05, 0.1) is 12.0 Å². The molecule has 0 radical (unpaired) electrons. The summed E-state index contributed by atoms with van der Waals surface area (Å²) in [5.41, 5.74) is 1.73. The number of hydrogen-bond donors (Lipinski definition) is 1. The first kappa shape index (κ1) is 15.6. The van der Waals surface area contributed by atoms with Crippen molar-refractivity contribution in [3.05, 3.63) is 58.1 Å². The molecule has 0 amide bonds. The molecule has 0 aliphatic carbocycles. The van der Waals surface area contributed by atoms with Gasteiger partial charge < -0.3 is 14.8 Å². The molecule has 6 nitrogen and oxygen atoms in total. The molecule has 0 saturated carbocycles. The van der Waals surface area contributed by atoms with Crippen LogP contribution in [0.5, 0.6) is 11.5 Å². The summed E-state index contributed by atoms with van der Waals surface area (Å²) in [5.74, 6) is 1.05. The maximum absolute atomic E-state index is 11.0. The first-order chi connectivity index (χ1) is 10.6. The van der Waals surface area contributed by atoms with E-state index in [1.165, 1.54) is 13.2 Å². The number of nitro benzene ring substituents is 1. The van der Waals surface area contributed by atoms with Crippen LogP contribution in [-0.4, -0.2) is 25.2 Å². The van der Waals surface area contributed by atoms with Crippen LogP contribution in [0.15, 0.2) is 42.5 Å². The van der Waals surface area contributed by atoms with E-state index in [9.17, 15) is 10.1 Å². The molecule has 0 spiro atoms. The van der Waals surface area contributed by atoms with Gasteiger partial charge in [0.15, 0.2) is 5.75 Å². The number of aryl methyl sites for hydroxylation is 1. The predicted molar refractivity (Wildman–Crippen MR) is 84.8 cm³/mol. The van der Waals surface area contributed by atoms with Crippen LogP contribution in [-0.2, 0) is 0 Å². The third kappa shape index (κ3) is 4.12. The minimum Gasteiger partial charge on any atom is -0.492 e. The van der Waals surface area contributed by atoms with Crippen LogP contribution in [0.3, 0.4) is 0 Å². The second kappa shape index (κ2) is 7.31. The average Bonchev–Trinajstić information content (AvgIpc) is 2.51. The van der Waals surface area contributed by atoms with Crippen LogP contribution in [0.2, 0.25) is 0 Å². The van der Waals surface area contributed by atoms with Gasteiger partial charge in [0.1, 0.15) is 12.4 Å². The number of benzene rings is 2. The van der Waals surface area contributed by atoms with Crippen molar-refractivity contribution in [2.45, 2.75) is 6.92 Å². The summed E-state index contributed by atoms with van der Waals surface area (Å²) in [7, 11) is 1.41. The second-order valence-electron chi connectivity index (χ2n) is 4.74. The first-order valence-corrected chi connectivity index (χ1v) is 6.86. The van der Waals surface area contributed by atoms with Gasteiger partial charge in [0.25, 0.3) is 0 Å². The van der Waals surface area contributed by atoms with Crippen molar-refractivity contribution in [2.24, 2.45) is 0 Å². The lowest BCUT2D eigenvalue weighted by molar-refractivity contribution is -0.385. The summed E-state index contributed by atoms with van der Waals surface area (Å²) in [4.78, 5) is 10.5. The maximum Gasteiger partial charge on any atom is 0.312 e. The lowest BCUT2D eigenvalue weighted by atomic mass is 10.2. The van der Waals surface area contributed by atoms with Gasteiger partial charge in [-0.3, -0.25) is 10.1 Å². The Morgan fingerprint density at radius 1 is 1.23 bits per heavy atom. The third-order valence-electron chi connectivity index (χ3n) is 3.07. The summed E-state index contributed by atoms with van der Waals surface area (Å²) < 4.78 is 10.6. The minimum absolute atomic E-state index is 0.0629. The van der Waals surface area contributed by atoms with Gasteiger partial charge in [0, 0.05) is 18.3 Å². The van der Waals surface area contributed by atoms with Gasteiger partial charge in [-0.05, 0) is 36.8 Å². The van der Waals surface area contributed by atoms with Crippen molar-refractivity contribution in [3.63, 3.8) is 0 Å². The fourth-order valence-corrected chi connectivity index (χ4v) is 2.01. The summed E-state index contributed by atoms with van der Waals surface area (Å²) in [5, 5.41) is 14.0. The molecule has 0 aliphatic heterocycles. The number of nitrogens with one attached hydrogen (secondary N) is 1. The van der Waals surface area contributed by atoms with Crippen LogP contribution in [0.25, 0.3) is 0 Å². The lowest BCUT2D eigenvalue weighted by Gasteiger charge is -2.10. The molecule has 0 aliphatic rings. The zero-order valence-electron chi connectivity index (χ0n) is 12.5. The van der Waals surface area contributed by atoms with E-state index in [1.807, 2.05) is 31.2 Å². The van der Waals surface area contributed by atoms with Crippen LogP contribution >= 0.6 is 0 Å². The van der Waals surface area contributed by atoms with Gasteiger partial charge in [-0.1, -0.05) is 12.1 Å². The Balaban J connectivity index is 1.89. The van der Waals surface area contributed by atoms with Crippen LogP contribution in [0, 0.1) is 17.0 Å². The third-order valence-corrected chi connectivity index (χ3v) is 3.07. The van der Waals surface area contributed by atoms with E-state index in [-0.39, 0.29) is 11.4 Å². The van der Waals surface area contributed by atoms with Crippen molar-refractivity contribution < 1.29 is 14.4 Å². The molecule has 0 saturated heterocycles. The van der Waals surface area contributed by atoms with Gasteiger partial charge in [0.2, 0.25) is 0 Å². The second-order valence-corrected chi connectivity index (χ2v) is 4.74. The number of nitrogens with zero attached hydrogens (tertiary/aromatic N) is 1. The summed E-state index contributed by atoms with van der Waals surface area (Å²) >= 11 is 0. The minimum atomic E-state index is -0.465. The Bertz CT molecular complexity index is 658. The molecule has 6 heteroatoms. The molecular weight excluding hydrogens is 284 g/mol. The topological polar surface area (TPSA) is 73.6 Å². The van der Waals surface area contributed by atoms with Crippen molar-refractivity contribution in [1.29, 1.82) is 0 Å². The SMILES string of the molecule is COc1ccc(NCCOc2cccc(C)c2)cc1[N+](=O)[O-]. The number of hydrogen-bond acceptors (Lipinski definition) is 5. The molecule has 0 fully saturated rings. The number of anilines is 1. The zero-order valence-corrected chi connectivity index (χ0v) is 12.5. The van der Waals surface area contributed by atoms with Gasteiger partial charge in [-0.15, -0.1) is 0 Å². The lowest BCUT2D eigenvalue weighted by Crippen LogP contribution is -2.11. The van der Waals surface area contributed by atoms with Crippen molar-refractivity contribution >= 4 is 11.4 Å². The number of ether oxygens (including phenoxy) is 2. The highest BCUT2D eigenvalue weighted by molar-refractivity contribution is 5.58. The Morgan fingerprint density at radius 2 is 2.05 bits per heavy atom. The highest BCUT2D eigenvalue weighted by Gasteiger charge is 2.14. The highest BCUT2D eigenvalue weighted by atomic mass is 16.6. The fourth-order valence-electron chi connectivity index (χ4n) is 2.01. The largest absolute Gasteiger partial charge is 0.492 e. The molecule has 116 valence electrons. The number of rotatable bonds is 7. The van der Waals surface area contributed by atoms with E-state index < -0.39 is 4.92 Å². The molecule has 2 rings (SSSR count). The first-order valence-electron chi connectivity index (χ1n) is 6.86. The fraction of sp³-hybridized carbons (Fsp3) is 0.250. The molecule has 0 atom stereocenters. The molecule has 0 unspecified atom stereocenters. The summed E-state index contributed by atoms with van der Waals surface area (Å²) in [6, 6.07) is 12.5. The van der Waals surface area contributed by atoms with E-state index in [0.717, 1.165) is 11.3 Å². The Kier molecular flexibility index (Phi) is 5.19. The molecule has 2 aromatic carbocycles. The van der Waals surface area contributed by atoms with E-state index >= 15 is 0 Å². The smallest absolute Gasteiger partial charge is 0.312 e. The van der Waals surface area contributed by atoms with E-state index in [2.05, 4.69) is 5.32 Å². The molecule has 0 bridgehead atoms. The van der Waals surface area contributed by atoms with E-state index in [4.69, 9.17) is 9.47 Å². The van der Waals surface area contributed by atoms with E-state index in [1.54, 1.807) is 12.1 Å². The Hall–Kier alpha value is -2.76. The maximum atomic E-state index is 11.0. The molecule has 22 heavy (non-hydrogen) atoms. The van der Waals surface area contributed by atoms with Crippen LogP contribution in [0.1, 0.15) is 5.56 Å². The zero-order chi connectivity index (χ0) is 15.9. The quantitative estimate of drug-likeness (QED) is 0.482. The van der Waals surface area contributed by atoms with Gasteiger partial charge in [-0.25, -0.2) is 0 Å². The molecule has 0 aromatic heterocycles. The summed E-state index contributed by atoms with van der Waals surface area (Å²) in [6.45, 7) is 3.00. The molecular formula is C16H18N2O4. The molecule has 0 heterocycles. The molecule has 2 aromatic rings. The van der Waals surface area contributed by atoms with Crippen molar-refractivity contribution in [3.8, 4) is 11.5 Å². The predicted octanol–water partition coefficient (Wildman–Crippen LogP) is 3.40. The number of methoxy groups -OCH3 is 1. The Labute approximate surface area is 128 Å². The summed E-state index contributed by atoms with van der Waals surface area (Å²) in [6.07, 6.45) is 0. The molecule has 1 N–H and O–H groups in total. The van der Waals surface area contributed by atoms with Gasteiger partial charge in [-0.2, -0.15) is 0 Å². The van der Waals surface area contributed by atoms with Crippen LogP contribution in [0.4, 0.5) is 11.4 Å². The average molecular weight is 302 g/mol. The Morgan fingerprint density at radius 3 is 2.73 bits per heavy atom. The standard InChI is InChI=1S/C16H18N2O4/c1-12-4-3-5-14(10-12)22-9-8-17-13-6-7-16(21-2)15(11-13)18(19)20/h3-7,10-11,17H,8-9H2,1-2H3. The number of nitro groups is 1. The van der Waals surface area contributed by atoms with Crippen molar-refractivity contribution in [1.82, 2.24) is 0 Å². The van der Waals surface area contributed by atoms with Crippen molar-refractivity contribution in [2.75, 3.05) is 25.6 Å². The normalized spacial score (nSPS) is 10.1. The highest BCUT2D eigenvalue weighted by Crippen LogP contribution is 2.29. The van der Waals surface area contributed by atoms with E-state index in [0.29, 0.717) is 18.8 Å². The van der Waals surface area contributed by atoms with Crippen LogP contribution < -0.4 is 14.8 Å². The van der Waals surface area contributed by atoms with Gasteiger partial charge >= 0.3 is 5.69 Å².